The number of aryl methyl sites for hydroxylation is 2. The van der Waals surface area contributed by atoms with Crippen LogP contribution >= 0.6 is 11.8 Å². The molecule has 0 spiro atoms. The van der Waals surface area contributed by atoms with E-state index in [2.05, 4.69) is 79.5 Å². The summed E-state index contributed by atoms with van der Waals surface area (Å²) in [6.45, 7) is 4.39. The van der Waals surface area contributed by atoms with Crippen LogP contribution in [-0.4, -0.2) is 17.5 Å². The van der Waals surface area contributed by atoms with Crippen molar-refractivity contribution in [1.29, 1.82) is 0 Å². The largest absolute Gasteiger partial charge is 0.303 e. The molecule has 110 valence electrons. The monoisotopic (exact) mass is 297 g/mol. The Labute approximate surface area is 132 Å². The van der Waals surface area contributed by atoms with Crippen LogP contribution in [-0.2, 0) is 0 Å². The Hall–Kier alpha value is -1.25. The van der Waals surface area contributed by atoms with E-state index in [9.17, 15) is 0 Å². The van der Waals surface area contributed by atoms with E-state index in [1.54, 1.807) is 0 Å². The zero-order valence-corrected chi connectivity index (χ0v) is 13.6. The van der Waals surface area contributed by atoms with E-state index >= 15 is 0 Å². The van der Waals surface area contributed by atoms with E-state index < -0.39 is 0 Å². The number of nitrogens with one attached hydrogen (secondary N) is 1. The topological polar surface area (TPSA) is 12.0 Å². The van der Waals surface area contributed by atoms with Crippen LogP contribution < -0.4 is 5.32 Å². The summed E-state index contributed by atoms with van der Waals surface area (Å²) >= 11 is 2.06. The SMILES string of the molecule is Cc1ccc(C(NC2CCSC2)c2ccccc2)c(C)c1. The maximum Gasteiger partial charge on any atom is 0.0581 e. The predicted octanol–water partition coefficient (Wildman–Crippen LogP) is 4.49. The molecule has 2 unspecified atom stereocenters. The predicted molar refractivity (Wildman–Crippen MR) is 93.1 cm³/mol. The van der Waals surface area contributed by atoms with Crippen LogP contribution in [0.15, 0.2) is 48.5 Å². The van der Waals surface area contributed by atoms with Crippen LogP contribution in [0.5, 0.6) is 0 Å². The van der Waals surface area contributed by atoms with E-state index in [1.165, 1.54) is 40.2 Å². The number of thioether (sulfide) groups is 1. The molecule has 0 radical (unpaired) electrons. The number of rotatable bonds is 4. The normalized spacial score (nSPS) is 19.6. The van der Waals surface area contributed by atoms with Gasteiger partial charge in [0.15, 0.2) is 0 Å². The van der Waals surface area contributed by atoms with Gasteiger partial charge in [0, 0.05) is 11.8 Å². The molecule has 2 heteroatoms. The Balaban J connectivity index is 1.94. The first-order valence-corrected chi connectivity index (χ1v) is 8.85. The summed E-state index contributed by atoms with van der Waals surface area (Å²) in [7, 11) is 0. The van der Waals surface area contributed by atoms with E-state index in [4.69, 9.17) is 0 Å². The van der Waals surface area contributed by atoms with Crippen molar-refractivity contribution in [3.63, 3.8) is 0 Å². The molecule has 0 aromatic heterocycles. The molecule has 2 aromatic carbocycles. The standard InChI is InChI=1S/C19H23NS/c1-14-8-9-18(15(2)12-14)19(16-6-4-3-5-7-16)20-17-10-11-21-13-17/h3-9,12,17,19-20H,10-11,13H2,1-2H3. The zero-order valence-electron chi connectivity index (χ0n) is 12.8. The first-order chi connectivity index (χ1) is 10.2. The quantitative estimate of drug-likeness (QED) is 0.892. The highest BCUT2D eigenvalue weighted by atomic mass is 32.2. The highest BCUT2D eigenvalue weighted by Crippen LogP contribution is 2.28. The second-order valence-corrected chi connectivity index (χ2v) is 7.08. The lowest BCUT2D eigenvalue weighted by molar-refractivity contribution is 0.505. The van der Waals surface area contributed by atoms with Crippen LogP contribution in [0.2, 0.25) is 0 Å². The first-order valence-electron chi connectivity index (χ1n) is 7.70. The van der Waals surface area contributed by atoms with Gasteiger partial charge >= 0.3 is 0 Å². The first kappa shape index (κ1) is 14.7. The Morgan fingerprint density at radius 1 is 1.10 bits per heavy atom. The van der Waals surface area contributed by atoms with Crippen LogP contribution in [0, 0.1) is 13.8 Å². The minimum atomic E-state index is 0.301. The molecule has 0 saturated carbocycles. The fourth-order valence-corrected chi connectivity index (χ4v) is 4.23. The molecule has 1 nitrogen and oxygen atoms in total. The zero-order chi connectivity index (χ0) is 14.7. The van der Waals surface area contributed by atoms with Crippen molar-refractivity contribution in [2.75, 3.05) is 11.5 Å². The lowest BCUT2D eigenvalue weighted by atomic mass is 9.93. The van der Waals surface area contributed by atoms with Crippen LogP contribution in [0.3, 0.4) is 0 Å². The summed E-state index contributed by atoms with van der Waals surface area (Å²) in [5.41, 5.74) is 5.48. The van der Waals surface area contributed by atoms with Crippen molar-refractivity contribution >= 4 is 11.8 Å². The fourth-order valence-electron chi connectivity index (χ4n) is 3.06. The molecule has 1 fully saturated rings. The third-order valence-corrected chi connectivity index (χ3v) is 5.36. The van der Waals surface area contributed by atoms with Gasteiger partial charge in [0.25, 0.3) is 0 Å². The van der Waals surface area contributed by atoms with Gasteiger partial charge in [-0.15, -0.1) is 0 Å². The van der Waals surface area contributed by atoms with Crippen LogP contribution in [0.4, 0.5) is 0 Å². The van der Waals surface area contributed by atoms with E-state index in [1.807, 2.05) is 0 Å². The lowest BCUT2D eigenvalue weighted by Gasteiger charge is -2.25. The Bertz CT molecular complexity index is 588. The average molecular weight is 297 g/mol. The molecule has 0 amide bonds. The molecule has 0 aliphatic carbocycles. The molecule has 21 heavy (non-hydrogen) atoms. The summed E-state index contributed by atoms with van der Waals surface area (Å²) < 4.78 is 0. The van der Waals surface area contributed by atoms with Gasteiger partial charge in [0.2, 0.25) is 0 Å². The molecule has 2 aromatic rings. The van der Waals surface area contributed by atoms with E-state index in [0.29, 0.717) is 12.1 Å². The third-order valence-electron chi connectivity index (χ3n) is 4.20. The second-order valence-electron chi connectivity index (χ2n) is 5.93. The smallest absolute Gasteiger partial charge is 0.0581 e. The van der Waals surface area contributed by atoms with Gasteiger partial charge in [-0.1, -0.05) is 54.1 Å². The molecule has 1 heterocycles. The van der Waals surface area contributed by atoms with Gasteiger partial charge in [-0.25, -0.2) is 0 Å². The summed E-state index contributed by atoms with van der Waals surface area (Å²) in [6.07, 6.45) is 1.28. The van der Waals surface area contributed by atoms with Gasteiger partial charge in [-0.2, -0.15) is 11.8 Å². The van der Waals surface area contributed by atoms with Gasteiger partial charge in [-0.05, 0) is 42.7 Å². The third kappa shape index (κ3) is 3.50. The van der Waals surface area contributed by atoms with Gasteiger partial charge in [0.1, 0.15) is 0 Å². The maximum atomic E-state index is 3.89. The Morgan fingerprint density at radius 3 is 2.57 bits per heavy atom. The van der Waals surface area contributed by atoms with Crippen molar-refractivity contribution in [2.24, 2.45) is 0 Å². The van der Waals surface area contributed by atoms with E-state index in [-0.39, 0.29) is 0 Å². The van der Waals surface area contributed by atoms with Crippen LogP contribution in [0.25, 0.3) is 0 Å². The molecule has 1 aliphatic rings. The minimum absolute atomic E-state index is 0.301. The number of benzene rings is 2. The Morgan fingerprint density at radius 2 is 1.90 bits per heavy atom. The fraction of sp³-hybridized carbons (Fsp3) is 0.368. The summed E-state index contributed by atoms with van der Waals surface area (Å²) in [5, 5.41) is 3.89. The van der Waals surface area contributed by atoms with Gasteiger partial charge in [-0.3, -0.25) is 0 Å². The number of hydrogen-bond donors (Lipinski definition) is 1. The summed E-state index contributed by atoms with van der Waals surface area (Å²) in [6, 6.07) is 18.6. The molecule has 3 rings (SSSR count). The van der Waals surface area contributed by atoms with Crippen molar-refractivity contribution < 1.29 is 0 Å². The molecule has 1 saturated heterocycles. The average Bonchev–Trinajstić information content (AvgIpc) is 2.99. The van der Waals surface area contributed by atoms with E-state index in [0.717, 1.165) is 0 Å². The molecular weight excluding hydrogens is 274 g/mol. The van der Waals surface area contributed by atoms with Crippen molar-refractivity contribution in [2.45, 2.75) is 32.4 Å². The van der Waals surface area contributed by atoms with Crippen molar-refractivity contribution in [1.82, 2.24) is 5.32 Å². The molecule has 1 aliphatic heterocycles. The van der Waals surface area contributed by atoms with Gasteiger partial charge < -0.3 is 5.32 Å². The van der Waals surface area contributed by atoms with Gasteiger partial charge in [0.05, 0.1) is 6.04 Å². The van der Waals surface area contributed by atoms with Crippen LogP contribution in [0.1, 0.15) is 34.7 Å². The summed E-state index contributed by atoms with van der Waals surface area (Å²) in [4.78, 5) is 0. The lowest BCUT2D eigenvalue weighted by Crippen LogP contribution is -2.33. The number of hydrogen-bond acceptors (Lipinski definition) is 2. The maximum absolute atomic E-state index is 3.89. The molecular formula is C19H23NS. The second kappa shape index (κ2) is 6.67. The summed E-state index contributed by atoms with van der Waals surface area (Å²) in [5.74, 6) is 2.51. The van der Waals surface area contributed by atoms with Crippen molar-refractivity contribution in [3.05, 3.63) is 70.8 Å². The molecule has 1 N–H and O–H groups in total. The highest BCUT2D eigenvalue weighted by Gasteiger charge is 2.22. The molecule has 2 atom stereocenters. The molecule has 0 bridgehead atoms. The highest BCUT2D eigenvalue weighted by molar-refractivity contribution is 7.99. The minimum Gasteiger partial charge on any atom is -0.303 e. The van der Waals surface area contributed by atoms with Crippen molar-refractivity contribution in [3.8, 4) is 0 Å². The Kier molecular flexibility index (Phi) is 4.67.